The number of hydrogen-bond donors (Lipinski definition) is 0. The van der Waals surface area contributed by atoms with Crippen LogP contribution in [0.3, 0.4) is 0 Å². The van der Waals surface area contributed by atoms with Gasteiger partial charge in [-0.25, -0.2) is 8.78 Å². The first kappa shape index (κ1) is 12.0. The first-order valence-corrected chi connectivity index (χ1v) is 4.22. The van der Waals surface area contributed by atoms with E-state index in [0.717, 1.165) is 12.1 Å². The fourth-order valence-electron chi connectivity index (χ4n) is 0.952. The van der Waals surface area contributed by atoms with E-state index in [4.69, 9.17) is 0 Å². The van der Waals surface area contributed by atoms with Gasteiger partial charge in [-0.3, -0.25) is 4.79 Å². The third-order valence-corrected chi connectivity index (χ3v) is 1.89. The van der Waals surface area contributed by atoms with Crippen molar-refractivity contribution in [1.29, 1.82) is 0 Å². The molecular weight excluding hydrogens is 236 g/mol. The molecule has 6 heteroatoms. The molecule has 0 amide bonds. The Kier molecular flexibility index (Phi) is 3.34. The van der Waals surface area contributed by atoms with Gasteiger partial charge in [-0.2, -0.15) is 8.78 Å². The lowest BCUT2D eigenvalue weighted by atomic mass is 10.1. The van der Waals surface area contributed by atoms with Gasteiger partial charge in [0, 0.05) is 6.42 Å². The van der Waals surface area contributed by atoms with Gasteiger partial charge in [0.1, 0.15) is 11.6 Å². The summed E-state index contributed by atoms with van der Waals surface area (Å²) >= 11 is 4.43. The number of ketones is 1. The zero-order chi connectivity index (χ0) is 11.6. The van der Waals surface area contributed by atoms with Gasteiger partial charge in [0.25, 0.3) is 0 Å². The number of hydrogen-bond acceptors (Lipinski definition) is 1. The standard InChI is InChI=1S/C9H5ClF4O/c10-9(13,14)8(15)4-5-3-6(11)1-2-7(5)12/h1-3H,4H2. The lowest BCUT2D eigenvalue weighted by Crippen LogP contribution is -2.23. The zero-order valence-corrected chi connectivity index (χ0v) is 7.99. The number of benzene rings is 1. The molecule has 0 bridgehead atoms. The van der Waals surface area contributed by atoms with Crippen molar-refractivity contribution in [3.63, 3.8) is 0 Å². The molecule has 1 aromatic carbocycles. The molecule has 0 unspecified atom stereocenters. The van der Waals surface area contributed by atoms with E-state index < -0.39 is 34.8 Å². The van der Waals surface area contributed by atoms with Crippen LogP contribution in [0.4, 0.5) is 17.6 Å². The lowest BCUT2D eigenvalue weighted by Gasteiger charge is -2.07. The highest BCUT2D eigenvalue weighted by molar-refractivity contribution is 6.32. The summed E-state index contributed by atoms with van der Waals surface area (Å²) in [5, 5.41) is -4.06. The summed E-state index contributed by atoms with van der Waals surface area (Å²) in [6.07, 6.45) is -0.944. The van der Waals surface area contributed by atoms with Crippen molar-refractivity contribution in [2.45, 2.75) is 11.8 Å². The fourth-order valence-corrected chi connectivity index (χ4v) is 1.02. The molecule has 0 fully saturated rings. The number of carbonyl (C=O) groups excluding carboxylic acids is 1. The van der Waals surface area contributed by atoms with E-state index in [1.165, 1.54) is 0 Å². The van der Waals surface area contributed by atoms with Gasteiger partial charge < -0.3 is 0 Å². The Balaban J connectivity index is 2.90. The highest BCUT2D eigenvalue weighted by atomic mass is 35.5. The molecular formula is C9H5ClF4O. The summed E-state index contributed by atoms with van der Waals surface area (Å²) in [6.45, 7) is 0. The van der Waals surface area contributed by atoms with Crippen molar-refractivity contribution in [3.8, 4) is 0 Å². The molecule has 0 spiro atoms. The van der Waals surface area contributed by atoms with Crippen molar-refractivity contribution in [1.82, 2.24) is 0 Å². The Labute approximate surface area is 87.7 Å². The van der Waals surface area contributed by atoms with Crippen LogP contribution in [0, 0.1) is 11.6 Å². The molecule has 0 saturated heterocycles. The fraction of sp³-hybridized carbons (Fsp3) is 0.222. The summed E-state index contributed by atoms with van der Waals surface area (Å²) in [6, 6.07) is 2.25. The molecule has 0 aliphatic rings. The first-order chi connectivity index (χ1) is 6.80. The Morgan fingerprint density at radius 3 is 2.47 bits per heavy atom. The van der Waals surface area contributed by atoms with E-state index in [1.807, 2.05) is 0 Å². The van der Waals surface area contributed by atoms with Crippen LogP contribution in [0.5, 0.6) is 0 Å². The van der Waals surface area contributed by atoms with E-state index in [9.17, 15) is 22.4 Å². The van der Waals surface area contributed by atoms with Gasteiger partial charge in [0.15, 0.2) is 0 Å². The molecule has 0 heterocycles. The van der Waals surface area contributed by atoms with E-state index >= 15 is 0 Å². The number of Topliss-reactive ketones (excluding diaryl/α,β-unsaturated/α-hetero) is 1. The molecule has 1 aromatic rings. The Morgan fingerprint density at radius 2 is 1.93 bits per heavy atom. The second-order valence-corrected chi connectivity index (χ2v) is 3.31. The van der Waals surface area contributed by atoms with Crippen LogP contribution in [0.15, 0.2) is 18.2 Å². The molecule has 0 aliphatic carbocycles. The molecule has 0 saturated carbocycles. The number of alkyl halides is 3. The van der Waals surface area contributed by atoms with Crippen molar-refractivity contribution in [2.24, 2.45) is 0 Å². The maximum atomic E-state index is 12.9. The summed E-state index contributed by atoms with van der Waals surface area (Å²) in [7, 11) is 0. The van der Waals surface area contributed by atoms with Crippen molar-refractivity contribution >= 4 is 17.4 Å². The minimum Gasteiger partial charge on any atom is -0.291 e. The Bertz CT molecular complexity index is 386. The molecule has 0 radical (unpaired) electrons. The smallest absolute Gasteiger partial charge is 0.291 e. The topological polar surface area (TPSA) is 17.1 Å². The van der Waals surface area contributed by atoms with Crippen LogP contribution in [-0.4, -0.2) is 11.2 Å². The maximum Gasteiger partial charge on any atom is 0.380 e. The largest absolute Gasteiger partial charge is 0.380 e. The summed E-state index contributed by atoms with van der Waals surface area (Å²) in [5.74, 6) is -3.41. The van der Waals surface area contributed by atoms with Gasteiger partial charge >= 0.3 is 5.38 Å². The highest BCUT2D eigenvalue weighted by Crippen LogP contribution is 2.23. The molecule has 15 heavy (non-hydrogen) atoms. The van der Waals surface area contributed by atoms with Crippen molar-refractivity contribution in [3.05, 3.63) is 35.4 Å². The van der Waals surface area contributed by atoms with Crippen molar-refractivity contribution in [2.75, 3.05) is 0 Å². The molecule has 0 N–H and O–H groups in total. The minimum absolute atomic E-state index is 0.444. The van der Waals surface area contributed by atoms with E-state index in [2.05, 4.69) is 11.6 Å². The van der Waals surface area contributed by atoms with Crippen LogP contribution in [-0.2, 0) is 11.2 Å². The minimum atomic E-state index is -4.06. The zero-order valence-electron chi connectivity index (χ0n) is 7.24. The monoisotopic (exact) mass is 240 g/mol. The Hall–Kier alpha value is -1.10. The Morgan fingerprint density at radius 1 is 1.33 bits per heavy atom. The second kappa shape index (κ2) is 4.18. The van der Waals surface area contributed by atoms with Crippen LogP contribution in [0.1, 0.15) is 5.56 Å². The van der Waals surface area contributed by atoms with Gasteiger partial charge in [-0.1, -0.05) is 0 Å². The summed E-state index contributed by atoms with van der Waals surface area (Å²) < 4.78 is 50.0. The van der Waals surface area contributed by atoms with Crippen LogP contribution in [0.25, 0.3) is 0 Å². The second-order valence-electron chi connectivity index (χ2n) is 2.83. The number of rotatable bonds is 3. The molecule has 1 nitrogen and oxygen atoms in total. The predicted molar refractivity (Wildman–Crippen MR) is 45.9 cm³/mol. The van der Waals surface area contributed by atoms with E-state index in [1.54, 1.807) is 0 Å². The predicted octanol–water partition coefficient (Wildman–Crippen LogP) is 2.91. The van der Waals surface area contributed by atoms with Crippen LogP contribution in [0.2, 0.25) is 0 Å². The molecule has 1 rings (SSSR count). The normalized spacial score (nSPS) is 11.5. The van der Waals surface area contributed by atoms with E-state index in [0.29, 0.717) is 6.07 Å². The van der Waals surface area contributed by atoms with Crippen molar-refractivity contribution < 1.29 is 22.4 Å². The molecule has 82 valence electrons. The average molecular weight is 241 g/mol. The third-order valence-electron chi connectivity index (χ3n) is 1.67. The summed E-state index contributed by atoms with van der Waals surface area (Å²) in [4.78, 5) is 10.7. The average Bonchev–Trinajstić information content (AvgIpc) is 2.09. The van der Waals surface area contributed by atoms with Gasteiger partial charge in [0.2, 0.25) is 5.78 Å². The molecule has 0 atom stereocenters. The third kappa shape index (κ3) is 3.20. The van der Waals surface area contributed by atoms with Crippen LogP contribution >= 0.6 is 11.6 Å². The quantitative estimate of drug-likeness (QED) is 0.586. The van der Waals surface area contributed by atoms with Gasteiger partial charge in [-0.05, 0) is 35.4 Å². The van der Waals surface area contributed by atoms with Gasteiger partial charge in [0.05, 0.1) is 0 Å². The lowest BCUT2D eigenvalue weighted by molar-refractivity contribution is -0.132. The molecule has 0 aromatic heterocycles. The van der Waals surface area contributed by atoms with Gasteiger partial charge in [-0.15, -0.1) is 0 Å². The SMILES string of the molecule is O=C(Cc1cc(F)ccc1F)C(F)(F)Cl. The first-order valence-electron chi connectivity index (χ1n) is 3.84. The number of halogens is 5. The van der Waals surface area contributed by atoms with Crippen LogP contribution < -0.4 is 0 Å². The number of carbonyl (C=O) groups is 1. The summed E-state index contributed by atoms with van der Waals surface area (Å²) in [5.41, 5.74) is -0.444. The van der Waals surface area contributed by atoms with E-state index in [-0.39, 0.29) is 0 Å². The molecule has 0 aliphatic heterocycles. The maximum absolute atomic E-state index is 12.9. The highest BCUT2D eigenvalue weighted by Gasteiger charge is 2.35.